The number of amides is 2. The standard InChI is InChI=1S/C39H50N2O6Si2/c1-38(2,3)48(28-19-11-7-12-20-28,29-21-13-8-14-22-29)45-27-32-34(42)35(43)33(41-37(40)44)36(46-32)47-49(39(4,5)6,30-23-15-9-16-24-30)31-25-17-10-18-26-31/h7-26,32-36,42-43H,27H2,1-6H3,(H3,40,41,44)/t32-,33-,34-,35-,36+/m1/s1. The van der Waals surface area contributed by atoms with Crippen molar-refractivity contribution < 1.29 is 28.6 Å². The molecule has 4 aromatic carbocycles. The fourth-order valence-corrected chi connectivity index (χ4v) is 16.5. The maximum atomic E-state index is 12.3. The lowest BCUT2D eigenvalue weighted by Gasteiger charge is -2.50. The highest BCUT2D eigenvalue weighted by Gasteiger charge is 2.57. The minimum Gasteiger partial charge on any atom is -0.405 e. The minimum atomic E-state index is -3.25. The second-order valence-electron chi connectivity index (χ2n) is 14.8. The van der Waals surface area contributed by atoms with Crippen LogP contribution in [0.4, 0.5) is 4.79 Å². The number of benzene rings is 4. The molecule has 10 heteroatoms. The predicted molar refractivity (Wildman–Crippen MR) is 199 cm³/mol. The Bertz CT molecular complexity index is 1570. The highest BCUT2D eigenvalue weighted by molar-refractivity contribution is 7.00. The number of nitrogens with two attached hydrogens (primary N) is 1. The molecule has 1 heterocycles. The molecule has 1 saturated heterocycles. The number of aliphatic hydroxyl groups excluding tert-OH is 2. The summed E-state index contributed by atoms with van der Waals surface area (Å²) in [5.41, 5.74) is 5.63. The summed E-state index contributed by atoms with van der Waals surface area (Å²) in [6, 6.07) is 38.5. The maximum absolute atomic E-state index is 12.3. The number of aliphatic hydroxyl groups is 2. The lowest BCUT2D eigenvalue weighted by atomic mass is 9.97. The van der Waals surface area contributed by atoms with E-state index < -0.39 is 58.3 Å². The molecule has 5 atom stereocenters. The zero-order chi connectivity index (χ0) is 35.5. The van der Waals surface area contributed by atoms with Gasteiger partial charge < -0.3 is 34.9 Å². The van der Waals surface area contributed by atoms with Crippen LogP contribution in [0.5, 0.6) is 0 Å². The Labute approximate surface area is 292 Å². The second-order valence-corrected chi connectivity index (χ2v) is 23.4. The number of nitrogens with one attached hydrogen (secondary N) is 1. The first kappa shape index (κ1) is 36.7. The highest BCUT2D eigenvalue weighted by atomic mass is 28.4. The SMILES string of the molecule is CC(C)(C)[Si](OC[C@H]1O[C@@H](O[Si](c2ccccc2)(c2ccccc2)C(C)(C)C)[C@H](NC(N)=O)[C@@H](O)[C@@H]1O)(c1ccccc1)c1ccccc1. The van der Waals surface area contributed by atoms with Crippen LogP contribution >= 0.6 is 0 Å². The Morgan fingerprint density at radius 1 is 0.673 bits per heavy atom. The van der Waals surface area contributed by atoms with E-state index in [9.17, 15) is 15.0 Å². The van der Waals surface area contributed by atoms with Crippen molar-refractivity contribution in [1.82, 2.24) is 5.32 Å². The van der Waals surface area contributed by atoms with E-state index in [1.807, 2.05) is 72.8 Å². The first-order valence-corrected chi connectivity index (χ1v) is 20.7. The van der Waals surface area contributed by atoms with Crippen LogP contribution in [0.3, 0.4) is 0 Å². The van der Waals surface area contributed by atoms with Crippen molar-refractivity contribution in [2.24, 2.45) is 5.73 Å². The van der Waals surface area contributed by atoms with Crippen molar-refractivity contribution in [2.75, 3.05) is 6.61 Å². The Kier molecular flexibility index (Phi) is 11.0. The van der Waals surface area contributed by atoms with Gasteiger partial charge in [0.25, 0.3) is 16.6 Å². The molecule has 4 aromatic rings. The monoisotopic (exact) mass is 698 g/mol. The second kappa shape index (κ2) is 14.7. The Morgan fingerprint density at radius 2 is 1.04 bits per heavy atom. The summed E-state index contributed by atoms with van der Waals surface area (Å²) < 4.78 is 21.1. The minimum absolute atomic E-state index is 0.0323. The molecule has 5 N–H and O–H groups in total. The van der Waals surface area contributed by atoms with E-state index in [1.165, 1.54) is 0 Å². The molecule has 0 aromatic heterocycles. The van der Waals surface area contributed by atoms with Gasteiger partial charge in [-0.2, -0.15) is 0 Å². The smallest absolute Gasteiger partial charge is 0.312 e. The van der Waals surface area contributed by atoms with Crippen molar-refractivity contribution in [1.29, 1.82) is 0 Å². The van der Waals surface area contributed by atoms with Crippen molar-refractivity contribution >= 4 is 43.4 Å². The molecule has 1 fully saturated rings. The molecule has 0 aliphatic carbocycles. The number of urea groups is 1. The van der Waals surface area contributed by atoms with Crippen LogP contribution in [0.15, 0.2) is 121 Å². The topological polar surface area (TPSA) is 123 Å². The van der Waals surface area contributed by atoms with Crippen LogP contribution in [0.2, 0.25) is 10.1 Å². The predicted octanol–water partition coefficient (Wildman–Crippen LogP) is 3.62. The summed E-state index contributed by atoms with van der Waals surface area (Å²) in [6.45, 7) is 12.9. The number of rotatable bonds is 10. The van der Waals surface area contributed by atoms with Crippen molar-refractivity contribution in [2.45, 2.75) is 82.3 Å². The van der Waals surface area contributed by atoms with Gasteiger partial charge in [0.15, 0.2) is 6.29 Å². The maximum Gasteiger partial charge on any atom is 0.312 e. The molecule has 0 spiro atoms. The Hall–Kier alpha value is -3.62. The van der Waals surface area contributed by atoms with E-state index in [0.29, 0.717) is 0 Å². The summed E-state index contributed by atoms with van der Waals surface area (Å²) in [5, 5.41) is 29.3. The van der Waals surface area contributed by atoms with Crippen molar-refractivity contribution in [3.8, 4) is 0 Å². The average molecular weight is 699 g/mol. The molecule has 0 bridgehead atoms. The third-order valence-electron chi connectivity index (χ3n) is 9.60. The molecule has 8 nitrogen and oxygen atoms in total. The largest absolute Gasteiger partial charge is 0.405 e. The van der Waals surface area contributed by atoms with Crippen LogP contribution in [0.25, 0.3) is 0 Å². The number of hydrogen-bond acceptors (Lipinski definition) is 6. The third-order valence-corrected chi connectivity index (χ3v) is 19.6. The lowest BCUT2D eigenvalue weighted by molar-refractivity contribution is -0.244. The quantitative estimate of drug-likeness (QED) is 0.188. The van der Waals surface area contributed by atoms with Gasteiger partial charge in [-0.15, -0.1) is 0 Å². The molecule has 2 amide bonds. The molecule has 49 heavy (non-hydrogen) atoms. The highest BCUT2D eigenvalue weighted by Crippen LogP contribution is 2.40. The lowest BCUT2D eigenvalue weighted by Crippen LogP contribution is -2.73. The van der Waals surface area contributed by atoms with Crippen molar-refractivity contribution in [3.05, 3.63) is 121 Å². The molecule has 0 radical (unpaired) electrons. The normalized spacial score (nSPS) is 22.0. The van der Waals surface area contributed by atoms with E-state index in [0.717, 1.165) is 20.7 Å². The van der Waals surface area contributed by atoms with Gasteiger partial charge in [0.1, 0.15) is 24.4 Å². The van der Waals surface area contributed by atoms with Gasteiger partial charge >= 0.3 is 6.03 Å². The fraction of sp³-hybridized carbons (Fsp3) is 0.359. The number of carbonyl (C=O) groups excluding carboxylic acids is 1. The number of hydrogen-bond donors (Lipinski definition) is 4. The molecule has 5 rings (SSSR count). The van der Waals surface area contributed by atoms with E-state index in [2.05, 4.69) is 95.4 Å². The van der Waals surface area contributed by atoms with Gasteiger partial charge in [-0.3, -0.25) is 0 Å². The average Bonchev–Trinajstić information content (AvgIpc) is 3.08. The number of carbonyl (C=O) groups is 1. The van der Waals surface area contributed by atoms with Gasteiger partial charge in [0.2, 0.25) is 0 Å². The zero-order valence-corrected chi connectivity index (χ0v) is 31.2. The van der Waals surface area contributed by atoms with Crippen LogP contribution in [-0.2, 0) is 13.6 Å². The fourth-order valence-electron chi connectivity index (χ4n) is 7.32. The van der Waals surface area contributed by atoms with Crippen LogP contribution < -0.4 is 31.8 Å². The van der Waals surface area contributed by atoms with Gasteiger partial charge in [0.05, 0.1) is 6.61 Å². The molecule has 260 valence electrons. The zero-order valence-electron chi connectivity index (χ0n) is 29.2. The van der Waals surface area contributed by atoms with E-state index in [-0.39, 0.29) is 11.6 Å². The van der Waals surface area contributed by atoms with E-state index in [4.69, 9.17) is 19.3 Å². The van der Waals surface area contributed by atoms with Crippen molar-refractivity contribution in [3.63, 3.8) is 0 Å². The summed E-state index contributed by atoms with van der Waals surface area (Å²) in [7, 11) is -6.27. The summed E-state index contributed by atoms with van der Waals surface area (Å²) in [4.78, 5) is 12.3. The molecule has 1 aliphatic heterocycles. The summed E-state index contributed by atoms with van der Waals surface area (Å²) in [5.74, 6) is 0. The van der Waals surface area contributed by atoms with Crippen LogP contribution in [0, 0.1) is 0 Å². The van der Waals surface area contributed by atoms with Crippen LogP contribution in [0.1, 0.15) is 41.5 Å². The first-order chi connectivity index (χ1) is 23.2. The summed E-state index contributed by atoms with van der Waals surface area (Å²) >= 11 is 0. The molecular weight excluding hydrogens is 649 g/mol. The Balaban J connectivity index is 1.59. The number of ether oxygens (including phenoxy) is 1. The molecule has 0 saturated carbocycles. The molecular formula is C39H50N2O6Si2. The first-order valence-electron chi connectivity index (χ1n) is 16.8. The van der Waals surface area contributed by atoms with Gasteiger partial charge in [-0.05, 0) is 30.8 Å². The van der Waals surface area contributed by atoms with E-state index in [1.54, 1.807) is 0 Å². The number of primary amides is 1. The molecule has 0 unspecified atom stereocenters. The summed E-state index contributed by atoms with van der Waals surface area (Å²) in [6.07, 6.45) is -5.04. The van der Waals surface area contributed by atoms with Gasteiger partial charge in [-0.1, -0.05) is 163 Å². The third kappa shape index (κ3) is 7.18. The van der Waals surface area contributed by atoms with Gasteiger partial charge in [-0.25, -0.2) is 4.79 Å². The van der Waals surface area contributed by atoms with E-state index >= 15 is 0 Å². The Morgan fingerprint density at radius 3 is 1.39 bits per heavy atom. The van der Waals surface area contributed by atoms with Gasteiger partial charge in [0, 0.05) is 0 Å². The molecule has 1 aliphatic rings. The van der Waals surface area contributed by atoms with Crippen LogP contribution in [-0.4, -0.2) is 70.1 Å².